The second-order valence-corrected chi connectivity index (χ2v) is 3.96. The predicted octanol–water partition coefficient (Wildman–Crippen LogP) is 1.59. The van der Waals surface area contributed by atoms with Crippen LogP contribution in [-0.4, -0.2) is 27.9 Å². The molecule has 7 heteroatoms. The van der Waals surface area contributed by atoms with E-state index >= 15 is 0 Å². The summed E-state index contributed by atoms with van der Waals surface area (Å²) < 4.78 is 0. The van der Waals surface area contributed by atoms with Crippen LogP contribution < -0.4 is 5.32 Å². The van der Waals surface area contributed by atoms with E-state index in [4.69, 9.17) is 5.11 Å². The third kappa shape index (κ3) is 4.20. The Hall–Kier alpha value is -2.70. The number of para-hydroxylation sites is 1. The molecule has 0 saturated heterocycles. The molecule has 20 heavy (non-hydrogen) atoms. The van der Waals surface area contributed by atoms with Crippen LogP contribution in [0.3, 0.4) is 0 Å². The van der Waals surface area contributed by atoms with Gasteiger partial charge in [-0.3, -0.25) is 14.9 Å². The lowest BCUT2D eigenvalue weighted by atomic mass is 10.1. The number of nitrogens with zero attached hydrogens (tertiary/aromatic N) is 1. The molecule has 1 unspecified atom stereocenters. The first-order valence-corrected chi connectivity index (χ1v) is 5.90. The summed E-state index contributed by atoms with van der Waals surface area (Å²) in [6, 6.07) is 4.97. The number of rotatable bonds is 6. The summed E-state index contributed by atoms with van der Waals surface area (Å²) in [5, 5.41) is 21.9. The summed E-state index contributed by atoms with van der Waals surface area (Å²) in [5.41, 5.74) is 0.151. The minimum atomic E-state index is -1.13. The number of hydrogen-bond donors (Lipinski definition) is 2. The maximum absolute atomic E-state index is 11.5. The molecule has 1 aromatic rings. The zero-order valence-electron chi connectivity index (χ0n) is 10.8. The maximum atomic E-state index is 11.5. The molecule has 1 amide bonds. The third-order valence-electron chi connectivity index (χ3n) is 2.57. The molecule has 106 valence electrons. The molecule has 0 saturated carbocycles. The number of hydrogen-bond acceptors (Lipinski definition) is 4. The number of benzene rings is 1. The summed E-state index contributed by atoms with van der Waals surface area (Å²) in [6.07, 6.45) is 2.61. The van der Waals surface area contributed by atoms with Gasteiger partial charge < -0.3 is 10.4 Å². The van der Waals surface area contributed by atoms with Gasteiger partial charge in [-0.15, -0.1) is 0 Å². The van der Waals surface area contributed by atoms with E-state index in [0.717, 1.165) is 6.08 Å². The smallest absolute Gasteiger partial charge is 0.326 e. The van der Waals surface area contributed by atoms with Crippen LogP contribution in [-0.2, 0) is 9.59 Å². The Kier molecular flexibility index (Phi) is 5.40. The Bertz CT molecular complexity index is 553. The summed E-state index contributed by atoms with van der Waals surface area (Å²) in [4.78, 5) is 32.5. The molecule has 0 heterocycles. The maximum Gasteiger partial charge on any atom is 0.326 e. The second kappa shape index (κ2) is 7.03. The van der Waals surface area contributed by atoms with Gasteiger partial charge in [0.15, 0.2) is 0 Å². The second-order valence-electron chi connectivity index (χ2n) is 3.96. The van der Waals surface area contributed by atoms with E-state index in [1.165, 1.54) is 24.3 Å². The van der Waals surface area contributed by atoms with Gasteiger partial charge in [0.05, 0.1) is 10.5 Å². The van der Waals surface area contributed by atoms with Gasteiger partial charge in [0.25, 0.3) is 5.69 Å². The molecule has 2 N–H and O–H groups in total. The van der Waals surface area contributed by atoms with Gasteiger partial charge in [-0.25, -0.2) is 4.79 Å². The Morgan fingerprint density at radius 1 is 1.45 bits per heavy atom. The molecule has 0 fully saturated rings. The first kappa shape index (κ1) is 15.4. The van der Waals surface area contributed by atoms with Crippen LogP contribution in [0.4, 0.5) is 5.69 Å². The van der Waals surface area contributed by atoms with E-state index in [0.29, 0.717) is 0 Å². The van der Waals surface area contributed by atoms with Crippen LogP contribution in [0.2, 0.25) is 0 Å². The van der Waals surface area contributed by atoms with Gasteiger partial charge in [0.1, 0.15) is 6.04 Å². The van der Waals surface area contributed by atoms with Gasteiger partial charge in [-0.1, -0.05) is 19.1 Å². The predicted molar refractivity (Wildman–Crippen MR) is 72.0 cm³/mol. The molecule has 7 nitrogen and oxygen atoms in total. The zero-order valence-corrected chi connectivity index (χ0v) is 10.8. The van der Waals surface area contributed by atoms with E-state index in [1.54, 1.807) is 13.0 Å². The lowest BCUT2D eigenvalue weighted by Crippen LogP contribution is -2.39. The highest BCUT2D eigenvalue weighted by atomic mass is 16.6. The molecule has 0 aliphatic heterocycles. The standard InChI is InChI=1S/C13H14N2O5/c1-2-10(13(17)18)14-12(16)8-7-9-5-3-4-6-11(9)15(19)20/h3-8,10H,2H2,1H3,(H,14,16)(H,17,18)/b8-7+. The first-order valence-electron chi connectivity index (χ1n) is 5.90. The largest absolute Gasteiger partial charge is 0.480 e. The van der Waals surface area contributed by atoms with Crippen molar-refractivity contribution >= 4 is 23.6 Å². The molecule has 0 radical (unpaired) electrons. The Balaban J connectivity index is 2.80. The number of carbonyl (C=O) groups excluding carboxylic acids is 1. The van der Waals surface area contributed by atoms with Crippen molar-refractivity contribution < 1.29 is 19.6 Å². The average molecular weight is 278 g/mol. The molecular formula is C13H14N2O5. The lowest BCUT2D eigenvalue weighted by Gasteiger charge is -2.09. The van der Waals surface area contributed by atoms with Crippen LogP contribution in [0.15, 0.2) is 30.3 Å². The highest BCUT2D eigenvalue weighted by molar-refractivity contribution is 5.94. The number of nitro groups is 1. The van der Waals surface area contributed by atoms with Crippen molar-refractivity contribution in [2.75, 3.05) is 0 Å². The normalized spacial score (nSPS) is 12.1. The molecule has 0 aliphatic rings. The third-order valence-corrected chi connectivity index (χ3v) is 2.57. The summed E-state index contributed by atoms with van der Waals surface area (Å²) in [5.74, 6) is -1.74. The number of aliphatic carboxylic acids is 1. The number of amides is 1. The minimum absolute atomic E-state index is 0.123. The number of carboxylic acids is 1. The topological polar surface area (TPSA) is 110 Å². The highest BCUT2D eigenvalue weighted by Crippen LogP contribution is 2.18. The fourth-order valence-electron chi connectivity index (χ4n) is 1.52. The van der Waals surface area contributed by atoms with Crippen molar-refractivity contribution in [3.63, 3.8) is 0 Å². The van der Waals surface area contributed by atoms with Crippen molar-refractivity contribution in [2.45, 2.75) is 19.4 Å². The lowest BCUT2D eigenvalue weighted by molar-refractivity contribution is -0.385. The summed E-state index contributed by atoms with van der Waals surface area (Å²) in [6.45, 7) is 1.63. The van der Waals surface area contributed by atoms with Crippen LogP contribution >= 0.6 is 0 Å². The van der Waals surface area contributed by atoms with E-state index in [-0.39, 0.29) is 17.7 Å². The SMILES string of the molecule is CCC(NC(=O)/C=C/c1ccccc1[N+](=O)[O-])C(=O)O. The molecule has 0 aromatic heterocycles. The average Bonchev–Trinajstić information content (AvgIpc) is 2.42. The molecule has 1 aromatic carbocycles. The van der Waals surface area contributed by atoms with E-state index in [2.05, 4.69) is 5.32 Å². The molecular weight excluding hydrogens is 264 g/mol. The Labute approximate surface area is 115 Å². The van der Waals surface area contributed by atoms with Crippen LogP contribution in [0.25, 0.3) is 6.08 Å². The zero-order chi connectivity index (χ0) is 15.1. The fourth-order valence-corrected chi connectivity index (χ4v) is 1.52. The number of nitrogens with one attached hydrogen (secondary N) is 1. The highest BCUT2D eigenvalue weighted by Gasteiger charge is 2.16. The van der Waals surface area contributed by atoms with Crippen molar-refractivity contribution in [3.05, 3.63) is 46.0 Å². The van der Waals surface area contributed by atoms with Crippen molar-refractivity contribution in [1.29, 1.82) is 0 Å². The van der Waals surface area contributed by atoms with Crippen molar-refractivity contribution in [3.8, 4) is 0 Å². The molecule has 1 atom stereocenters. The van der Waals surface area contributed by atoms with Crippen LogP contribution in [0, 0.1) is 10.1 Å². The van der Waals surface area contributed by atoms with Crippen molar-refractivity contribution in [2.24, 2.45) is 0 Å². The van der Waals surface area contributed by atoms with Gasteiger partial charge in [0, 0.05) is 12.1 Å². The molecule has 0 bridgehead atoms. The minimum Gasteiger partial charge on any atom is -0.480 e. The molecule has 1 rings (SSSR count). The number of nitro benzene ring substituents is 1. The summed E-state index contributed by atoms with van der Waals surface area (Å²) in [7, 11) is 0. The number of carbonyl (C=O) groups is 2. The quantitative estimate of drug-likeness (QED) is 0.466. The van der Waals surface area contributed by atoms with Gasteiger partial charge in [0.2, 0.25) is 5.91 Å². The molecule has 0 aliphatic carbocycles. The first-order chi connectivity index (χ1) is 9.45. The van der Waals surface area contributed by atoms with Crippen LogP contribution in [0.1, 0.15) is 18.9 Å². The van der Waals surface area contributed by atoms with Gasteiger partial charge in [-0.2, -0.15) is 0 Å². The Morgan fingerprint density at radius 2 is 2.10 bits per heavy atom. The monoisotopic (exact) mass is 278 g/mol. The fraction of sp³-hybridized carbons (Fsp3) is 0.231. The van der Waals surface area contributed by atoms with E-state index in [1.807, 2.05) is 0 Å². The van der Waals surface area contributed by atoms with Gasteiger partial charge >= 0.3 is 5.97 Å². The number of carboxylic acid groups (broad SMARTS) is 1. The Morgan fingerprint density at radius 3 is 2.65 bits per heavy atom. The van der Waals surface area contributed by atoms with E-state index in [9.17, 15) is 19.7 Å². The molecule has 0 spiro atoms. The van der Waals surface area contributed by atoms with Crippen molar-refractivity contribution in [1.82, 2.24) is 5.32 Å². The van der Waals surface area contributed by atoms with Gasteiger partial charge in [-0.05, 0) is 18.6 Å². The summed E-state index contributed by atoms with van der Waals surface area (Å²) >= 11 is 0. The van der Waals surface area contributed by atoms with Crippen LogP contribution in [0.5, 0.6) is 0 Å². The van der Waals surface area contributed by atoms with E-state index < -0.39 is 22.8 Å².